The standard InChI is InChI=1S/C25H25F3N2O5/c26-25(27,28)16-4-5-17-15(3-1-11-35-21(17)14-16)13-23(33)29-19-7-8-20(34-12-2-10-31)24-18(19)6-9-22(32)30-24/h4-5,7-8,13-14,31H,1-3,6,9-12H2,(H,29,33)(H,30,32)/b15-13+. The highest BCUT2D eigenvalue weighted by Gasteiger charge is 2.32. The van der Waals surface area contributed by atoms with Crippen LogP contribution in [-0.4, -0.2) is 36.7 Å². The molecule has 0 aromatic heterocycles. The number of carbonyl (C=O) groups excluding carboxylic acids is 2. The Kier molecular flexibility index (Phi) is 7.30. The topological polar surface area (TPSA) is 96.9 Å². The molecule has 0 saturated heterocycles. The summed E-state index contributed by atoms with van der Waals surface area (Å²) in [6, 6.07) is 6.59. The van der Waals surface area contributed by atoms with Crippen molar-refractivity contribution in [3.8, 4) is 11.5 Å². The molecule has 7 nitrogen and oxygen atoms in total. The summed E-state index contributed by atoms with van der Waals surface area (Å²) in [6.07, 6.45) is -1.00. The lowest BCUT2D eigenvalue weighted by atomic mass is 9.98. The largest absolute Gasteiger partial charge is 0.493 e. The van der Waals surface area contributed by atoms with E-state index in [1.807, 2.05) is 0 Å². The second-order valence-electron chi connectivity index (χ2n) is 8.26. The molecule has 0 aliphatic carbocycles. The van der Waals surface area contributed by atoms with Gasteiger partial charge in [0.2, 0.25) is 11.8 Å². The number of aliphatic hydroxyl groups is 1. The molecule has 2 aliphatic rings. The number of carbonyl (C=O) groups is 2. The number of halogens is 3. The number of ether oxygens (including phenoxy) is 2. The van der Waals surface area contributed by atoms with Crippen LogP contribution in [0, 0.1) is 0 Å². The van der Waals surface area contributed by atoms with E-state index in [2.05, 4.69) is 10.6 Å². The van der Waals surface area contributed by atoms with Crippen molar-refractivity contribution in [3.63, 3.8) is 0 Å². The second kappa shape index (κ2) is 10.4. The van der Waals surface area contributed by atoms with E-state index in [4.69, 9.17) is 14.6 Å². The smallest absolute Gasteiger partial charge is 0.416 e. The van der Waals surface area contributed by atoms with Gasteiger partial charge in [-0.2, -0.15) is 13.2 Å². The summed E-state index contributed by atoms with van der Waals surface area (Å²) < 4.78 is 50.5. The highest BCUT2D eigenvalue weighted by Crippen LogP contribution is 2.39. The number of rotatable bonds is 6. The Labute approximate surface area is 199 Å². The molecular weight excluding hydrogens is 465 g/mol. The second-order valence-corrected chi connectivity index (χ2v) is 8.26. The van der Waals surface area contributed by atoms with Crippen LogP contribution >= 0.6 is 0 Å². The quantitative estimate of drug-likeness (QED) is 0.408. The number of hydrogen-bond acceptors (Lipinski definition) is 5. The van der Waals surface area contributed by atoms with E-state index < -0.39 is 17.6 Å². The maximum atomic E-state index is 13.1. The molecule has 0 radical (unpaired) electrons. The lowest BCUT2D eigenvalue weighted by Crippen LogP contribution is -2.22. The number of nitrogens with one attached hydrogen (secondary N) is 2. The van der Waals surface area contributed by atoms with Gasteiger partial charge in [-0.15, -0.1) is 0 Å². The Balaban J connectivity index is 1.59. The van der Waals surface area contributed by atoms with Gasteiger partial charge in [-0.3, -0.25) is 9.59 Å². The predicted octanol–water partition coefficient (Wildman–Crippen LogP) is 4.55. The summed E-state index contributed by atoms with van der Waals surface area (Å²) in [6.45, 7) is 0.495. The van der Waals surface area contributed by atoms with Gasteiger partial charge in [0.1, 0.15) is 11.5 Å². The van der Waals surface area contributed by atoms with Gasteiger partial charge in [-0.25, -0.2) is 0 Å². The van der Waals surface area contributed by atoms with Gasteiger partial charge in [0.05, 0.1) is 24.5 Å². The molecule has 2 amide bonds. The highest BCUT2D eigenvalue weighted by atomic mass is 19.4. The number of aliphatic hydroxyl groups excluding tert-OH is 1. The third kappa shape index (κ3) is 5.76. The summed E-state index contributed by atoms with van der Waals surface area (Å²) in [5, 5.41) is 14.6. The minimum atomic E-state index is -4.49. The van der Waals surface area contributed by atoms with Crippen LogP contribution in [0.15, 0.2) is 36.4 Å². The molecule has 186 valence electrons. The summed E-state index contributed by atoms with van der Waals surface area (Å²) >= 11 is 0. The first-order valence-corrected chi connectivity index (χ1v) is 11.3. The molecule has 3 N–H and O–H groups in total. The number of benzene rings is 2. The van der Waals surface area contributed by atoms with E-state index >= 15 is 0 Å². The van der Waals surface area contributed by atoms with E-state index in [0.29, 0.717) is 53.9 Å². The third-order valence-electron chi connectivity index (χ3n) is 5.77. The lowest BCUT2D eigenvalue weighted by molar-refractivity contribution is -0.137. The Bertz CT molecular complexity index is 1160. The minimum absolute atomic E-state index is 0.0248. The average Bonchev–Trinajstić information content (AvgIpc) is 3.01. The maximum Gasteiger partial charge on any atom is 0.416 e. The molecule has 4 rings (SSSR count). The van der Waals surface area contributed by atoms with Crippen molar-refractivity contribution in [2.45, 2.75) is 38.3 Å². The first kappa shape index (κ1) is 24.6. The zero-order valence-corrected chi connectivity index (χ0v) is 18.8. The van der Waals surface area contributed by atoms with Crippen molar-refractivity contribution in [1.29, 1.82) is 0 Å². The van der Waals surface area contributed by atoms with E-state index in [9.17, 15) is 22.8 Å². The van der Waals surface area contributed by atoms with Gasteiger partial charge in [0.15, 0.2) is 0 Å². The van der Waals surface area contributed by atoms with Crippen LogP contribution in [0.5, 0.6) is 11.5 Å². The Morgan fingerprint density at radius 1 is 1.20 bits per heavy atom. The number of alkyl halides is 3. The number of amides is 2. The van der Waals surface area contributed by atoms with Crippen LogP contribution in [-0.2, 0) is 22.2 Å². The first-order valence-electron chi connectivity index (χ1n) is 11.3. The normalized spacial score (nSPS) is 16.5. The van der Waals surface area contributed by atoms with Gasteiger partial charge in [0, 0.05) is 42.3 Å². The molecular formula is C25H25F3N2O5. The lowest BCUT2D eigenvalue weighted by Gasteiger charge is -2.23. The van der Waals surface area contributed by atoms with Crippen molar-refractivity contribution < 1.29 is 37.3 Å². The van der Waals surface area contributed by atoms with E-state index in [1.54, 1.807) is 12.1 Å². The van der Waals surface area contributed by atoms with E-state index in [-0.39, 0.29) is 37.9 Å². The van der Waals surface area contributed by atoms with Crippen LogP contribution in [0.2, 0.25) is 0 Å². The first-order chi connectivity index (χ1) is 16.8. The molecule has 2 heterocycles. The summed E-state index contributed by atoms with van der Waals surface area (Å²) in [7, 11) is 0. The maximum absolute atomic E-state index is 13.1. The fraction of sp³-hybridized carbons (Fsp3) is 0.360. The molecule has 2 aliphatic heterocycles. The highest BCUT2D eigenvalue weighted by molar-refractivity contribution is 6.06. The van der Waals surface area contributed by atoms with Gasteiger partial charge in [-0.1, -0.05) is 6.07 Å². The SMILES string of the molecule is O=C(/C=C1\CCCOc2cc(C(F)(F)F)ccc21)Nc1ccc(OCCCO)c2c1CCC(=O)N2. The van der Waals surface area contributed by atoms with E-state index in [1.165, 1.54) is 12.1 Å². The Morgan fingerprint density at radius 3 is 2.80 bits per heavy atom. The van der Waals surface area contributed by atoms with Crippen LogP contribution in [0.25, 0.3) is 5.57 Å². The predicted molar refractivity (Wildman–Crippen MR) is 123 cm³/mol. The molecule has 2 aromatic rings. The fourth-order valence-corrected chi connectivity index (χ4v) is 4.09. The molecule has 0 atom stereocenters. The Hall–Kier alpha value is -3.53. The van der Waals surface area contributed by atoms with Crippen molar-refractivity contribution >= 4 is 28.8 Å². The molecule has 10 heteroatoms. The van der Waals surface area contributed by atoms with Gasteiger partial charge in [-0.05, 0) is 49.1 Å². The third-order valence-corrected chi connectivity index (χ3v) is 5.77. The van der Waals surface area contributed by atoms with Crippen molar-refractivity contribution in [1.82, 2.24) is 0 Å². The number of hydrogen-bond donors (Lipinski definition) is 3. The molecule has 0 bridgehead atoms. The average molecular weight is 490 g/mol. The summed E-state index contributed by atoms with van der Waals surface area (Å²) in [5.74, 6) is -0.0572. The van der Waals surface area contributed by atoms with Crippen LogP contribution in [0.3, 0.4) is 0 Å². The van der Waals surface area contributed by atoms with Gasteiger partial charge >= 0.3 is 6.18 Å². The van der Waals surface area contributed by atoms with E-state index in [0.717, 1.165) is 17.7 Å². The monoisotopic (exact) mass is 490 g/mol. The molecule has 0 spiro atoms. The minimum Gasteiger partial charge on any atom is -0.493 e. The van der Waals surface area contributed by atoms with Crippen molar-refractivity contribution in [3.05, 3.63) is 53.1 Å². The number of allylic oxidation sites excluding steroid dienone is 1. The molecule has 35 heavy (non-hydrogen) atoms. The molecule has 0 saturated carbocycles. The van der Waals surface area contributed by atoms with Gasteiger partial charge < -0.3 is 25.2 Å². The van der Waals surface area contributed by atoms with Crippen molar-refractivity contribution in [2.75, 3.05) is 30.5 Å². The molecule has 0 fully saturated rings. The van der Waals surface area contributed by atoms with Crippen LogP contribution in [0.1, 0.15) is 42.4 Å². The molecule has 2 aromatic carbocycles. The Morgan fingerprint density at radius 2 is 2.03 bits per heavy atom. The zero-order chi connectivity index (χ0) is 25.0. The zero-order valence-electron chi connectivity index (χ0n) is 18.8. The van der Waals surface area contributed by atoms with Crippen LogP contribution in [0.4, 0.5) is 24.5 Å². The molecule has 0 unspecified atom stereocenters. The fourth-order valence-electron chi connectivity index (χ4n) is 4.09. The summed E-state index contributed by atoms with van der Waals surface area (Å²) in [5.41, 5.74) is 1.93. The van der Waals surface area contributed by atoms with Crippen molar-refractivity contribution in [2.24, 2.45) is 0 Å². The number of fused-ring (bicyclic) bond motifs is 2. The van der Waals surface area contributed by atoms with Gasteiger partial charge in [0.25, 0.3) is 0 Å². The van der Waals surface area contributed by atoms with Crippen LogP contribution < -0.4 is 20.1 Å². The number of anilines is 2. The summed E-state index contributed by atoms with van der Waals surface area (Å²) in [4.78, 5) is 24.9.